The molecule has 0 saturated heterocycles. The van der Waals surface area contributed by atoms with Crippen LogP contribution in [0.25, 0.3) is 11.1 Å². The third-order valence-electron chi connectivity index (χ3n) is 10.2. The minimum atomic E-state index is -0.164. The average Bonchev–Trinajstić information content (AvgIpc) is 3.16. The Morgan fingerprint density at radius 2 is 1.78 bits per heavy atom. The number of aromatic nitrogens is 1. The first-order valence-electron chi connectivity index (χ1n) is 18.6. The van der Waals surface area contributed by atoms with E-state index in [1.54, 1.807) is 0 Å². The van der Waals surface area contributed by atoms with E-state index in [0.29, 0.717) is 18.9 Å². The minimum Gasteiger partial charge on any atom is -0.370 e. The van der Waals surface area contributed by atoms with Crippen LogP contribution in [-0.2, 0) is 43.3 Å². The number of hydrogen-bond acceptors (Lipinski definition) is 4. The van der Waals surface area contributed by atoms with E-state index < -0.39 is 0 Å². The lowest BCUT2D eigenvalue weighted by molar-refractivity contribution is -0.116. The second-order valence-electron chi connectivity index (χ2n) is 13.9. The molecule has 0 saturated carbocycles. The number of pyridine rings is 1. The SMILES string of the molecule is C=CC(=C)CCc1ccc(NC(=O)CCCc2ccc3c(n2)NCCC3)c(-c2ccc3c(c2)CC(CNC(=O)Nc2ccccc2CC)CC3)c1. The van der Waals surface area contributed by atoms with Crippen LogP contribution < -0.4 is 21.3 Å². The molecule has 1 unspecified atom stereocenters. The number of nitrogens with zero attached hydrogens (tertiary/aromatic N) is 1. The summed E-state index contributed by atoms with van der Waals surface area (Å²) in [7, 11) is 0. The number of amides is 3. The summed E-state index contributed by atoms with van der Waals surface area (Å²) >= 11 is 0. The number of rotatable bonds is 14. The summed E-state index contributed by atoms with van der Waals surface area (Å²) in [4.78, 5) is 30.9. The van der Waals surface area contributed by atoms with Crippen LogP contribution in [-0.4, -0.2) is 30.0 Å². The Labute approximate surface area is 303 Å². The summed E-state index contributed by atoms with van der Waals surface area (Å²) in [5, 5.41) is 12.8. The van der Waals surface area contributed by atoms with Crippen LogP contribution in [0.5, 0.6) is 0 Å². The Morgan fingerprint density at radius 3 is 2.65 bits per heavy atom. The van der Waals surface area contributed by atoms with Crippen molar-refractivity contribution in [3.63, 3.8) is 0 Å². The molecule has 0 spiro atoms. The zero-order valence-corrected chi connectivity index (χ0v) is 30.0. The molecule has 3 amide bonds. The number of fused-ring (bicyclic) bond motifs is 2. The van der Waals surface area contributed by atoms with Gasteiger partial charge >= 0.3 is 6.03 Å². The van der Waals surface area contributed by atoms with Crippen molar-refractivity contribution in [1.29, 1.82) is 0 Å². The minimum absolute atomic E-state index is 0.00375. The van der Waals surface area contributed by atoms with Gasteiger partial charge in [-0.3, -0.25) is 4.79 Å². The molecular weight excluding hydrogens is 631 g/mol. The van der Waals surface area contributed by atoms with E-state index in [4.69, 9.17) is 4.98 Å². The first-order valence-corrected chi connectivity index (χ1v) is 18.6. The number of para-hydroxylation sites is 1. The number of hydrogen-bond donors (Lipinski definition) is 4. The molecule has 51 heavy (non-hydrogen) atoms. The van der Waals surface area contributed by atoms with Gasteiger partial charge < -0.3 is 21.3 Å². The quantitative estimate of drug-likeness (QED) is 0.0999. The van der Waals surface area contributed by atoms with Crippen LogP contribution in [0.1, 0.15) is 72.5 Å². The van der Waals surface area contributed by atoms with Gasteiger partial charge in [0.1, 0.15) is 5.82 Å². The molecule has 1 aliphatic carbocycles. The third kappa shape index (κ3) is 9.54. The van der Waals surface area contributed by atoms with Gasteiger partial charge in [-0.25, -0.2) is 9.78 Å². The van der Waals surface area contributed by atoms with Gasteiger partial charge in [0.15, 0.2) is 0 Å². The fourth-order valence-corrected chi connectivity index (χ4v) is 7.18. The van der Waals surface area contributed by atoms with Crippen molar-refractivity contribution in [3.8, 4) is 11.1 Å². The van der Waals surface area contributed by atoms with Crippen LogP contribution in [0.15, 0.2) is 97.6 Å². The number of nitrogens with one attached hydrogen (secondary N) is 4. The van der Waals surface area contributed by atoms with E-state index >= 15 is 0 Å². The van der Waals surface area contributed by atoms with Crippen molar-refractivity contribution in [2.75, 3.05) is 29.0 Å². The van der Waals surface area contributed by atoms with Gasteiger partial charge in [-0.15, -0.1) is 0 Å². The number of anilines is 3. The molecule has 1 aromatic heterocycles. The predicted octanol–water partition coefficient (Wildman–Crippen LogP) is 9.23. The fraction of sp³-hybridized carbons (Fsp3) is 0.341. The second-order valence-corrected chi connectivity index (χ2v) is 13.9. The Balaban J connectivity index is 1.12. The first kappa shape index (κ1) is 35.6. The van der Waals surface area contributed by atoms with E-state index in [0.717, 1.165) is 116 Å². The molecule has 7 heteroatoms. The maximum absolute atomic E-state index is 13.3. The lowest BCUT2D eigenvalue weighted by atomic mass is 9.82. The predicted molar refractivity (Wildman–Crippen MR) is 211 cm³/mol. The Bertz CT molecular complexity index is 1900. The zero-order chi connectivity index (χ0) is 35.6. The highest BCUT2D eigenvalue weighted by molar-refractivity contribution is 5.95. The largest absolute Gasteiger partial charge is 0.370 e. The lowest BCUT2D eigenvalue weighted by Gasteiger charge is -2.26. The van der Waals surface area contributed by atoms with Crippen LogP contribution >= 0.6 is 0 Å². The normalized spacial score (nSPS) is 14.7. The Kier molecular flexibility index (Phi) is 12.0. The Hall–Kier alpha value is -5.17. The van der Waals surface area contributed by atoms with Gasteiger partial charge in [0.25, 0.3) is 0 Å². The number of allylic oxidation sites excluding steroid dienone is 2. The fourth-order valence-electron chi connectivity index (χ4n) is 7.18. The van der Waals surface area contributed by atoms with Crippen molar-refractivity contribution in [2.45, 2.75) is 77.6 Å². The molecule has 4 aromatic rings. The molecule has 4 N–H and O–H groups in total. The molecule has 2 aliphatic rings. The molecule has 0 bridgehead atoms. The molecule has 1 atom stereocenters. The maximum Gasteiger partial charge on any atom is 0.319 e. The topological polar surface area (TPSA) is 95.2 Å². The van der Waals surface area contributed by atoms with Crippen LogP contribution in [0.2, 0.25) is 0 Å². The van der Waals surface area contributed by atoms with Gasteiger partial charge in [-0.05, 0) is 128 Å². The van der Waals surface area contributed by atoms with E-state index in [9.17, 15) is 9.59 Å². The van der Waals surface area contributed by atoms with E-state index in [-0.39, 0.29) is 11.9 Å². The second kappa shape index (κ2) is 17.2. The van der Waals surface area contributed by atoms with E-state index in [1.807, 2.05) is 36.4 Å². The molecule has 264 valence electrons. The standard InChI is InChI=1S/C44H51N5O2/c1-4-30(3)15-16-31-18-24-41(48-42(50)14-8-12-38-23-22-35-11-9-25-45-43(35)47-38)39(27-31)36-21-20-34-19-17-32(26-37(34)28-36)29-46-44(51)49-40-13-7-6-10-33(40)5-2/h4,6-7,10,13,18,20-24,27-28,32H,1,3,5,8-9,11-12,14-17,19,25-26,29H2,2H3,(H,45,47)(H,48,50)(H2,46,49,51). The van der Waals surface area contributed by atoms with Gasteiger partial charge in [-0.1, -0.05) is 80.3 Å². The number of benzene rings is 3. The van der Waals surface area contributed by atoms with Gasteiger partial charge in [0.05, 0.1) is 0 Å². The van der Waals surface area contributed by atoms with Gasteiger partial charge in [0.2, 0.25) is 5.91 Å². The van der Waals surface area contributed by atoms with E-state index in [1.165, 1.54) is 22.3 Å². The van der Waals surface area contributed by atoms with Crippen LogP contribution in [0.4, 0.5) is 22.0 Å². The summed E-state index contributed by atoms with van der Waals surface area (Å²) in [6.45, 7) is 11.6. The molecule has 1 aliphatic heterocycles. The van der Waals surface area contributed by atoms with Crippen LogP contribution in [0.3, 0.4) is 0 Å². The van der Waals surface area contributed by atoms with Gasteiger partial charge in [0, 0.05) is 42.1 Å². The average molecular weight is 682 g/mol. The summed E-state index contributed by atoms with van der Waals surface area (Å²) in [5.41, 5.74) is 12.1. The number of carbonyl (C=O) groups is 2. The number of urea groups is 1. The smallest absolute Gasteiger partial charge is 0.319 e. The number of carbonyl (C=O) groups excluding carboxylic acids is 2. The Morgan fingerprint density at radius 1 is 0.922 bits per heavy atom. The third-order valence-corrected chi connectivity index (χ3v) is 10.2. The molecule has 0 radical (unpaired) electrons. The maximum atomic E-state index is 13.3. The highest BCUT2D eigenvalue weighted by Gasteiger charge is 2.21. The molecule has 2 heterocycles. The summed E-state index contributed by atoms with van der Waals surface area (Å²) in [6.07, 6.45) is 11.4. The van der Waals surface area contributed by atoms with Crippen molar-refractivity contribution >= 4 is 29.1 Å². The summed E-state index contributed by atoms with van der Waals surface area (Å²) < 4.78 is 0. The van der Waals surface area contributed by atoms with Crippen molar-refractivity contribution < 1.29 is 9.59 Å². The summed E-state index contributed by atoms with van der Waals surface area (Å²) in [5.74, 6) is 1.34. The van der Waals surface area contributed by atoms with Gasteiger partial charge in [-0.2, -0.15) is 0 Å². The highest BCUT2D eigenvalue weighted by Crippen LogP contribution is 2.35. The molecule has 7 nitrogen and oxygen atoms in total. The zero-order valence-electron chi connectivity index (χ0n) is 30.0. The lowest BCUT2D eigenvalue weighted by Crippen LogP contribution is -2.35. The highest BCUT2D eigenvalue weighted by atomic mass is 16.2. The number of aryl methyl sites for hydroxylation is 5. The molecular formula is C44H51N5O2. The molecule has 0 fully saturated rings. The first-order chi connectivity index (χ1) is 24.9. The van der Waals surface area contributed by atoms with Crippen LogP contribution in [0, 0.1) is 5.92 Å². The van der Waals surface area contributed by atoms with Crippen molar-refractivity contribution in [2.24, 2.45) is 5.92 Å². The molecule has 3 aromatic carbocycles. The van der Waals surface area contributed by atoms with Crippen molar-refractivity contribution in [3.05, 3.63) is 131 Å². The van der Waals surface area contributed by atoms with Crippen molar-refractivity contribution in [1.82, 2.24) is 10.3 Å². The molecule has 6 rings (SSSR count). The monoisotopic (exact) mass is 681 g/mol. The van der Waals surface area contributed by atoms with E-state index in [2.05, 4.69) is 83.8 Å². The summed E-state index contributed by atoms with van der Waals surface area (Å²) in [6, 6.07) is 25.1.